The fraction of sp³-hybridized carbons (Fsp3) is 0.333. The first-order valence-electron chi connectivity index (χ1n) is 9.08. The van der Waals surface area contributed by atoms with Gasteiger partial charge in [-0.25, -0.2) is 16.8 Å². The van der Waals surface area contributed by atoms with Gasteiger partial charge in [-0.1, -0.05) is 6.07 Å². The molecule has 0 unspecified atom stereocenters. The first-order valence-corrected chi connectivity index (χ1v) is 12.0. The Labute approximate surface area is 180 Å². The van der Waals surface area contributed by atoms with Crippen LogP contribution in [0.3, 0.4) is 0 Å². The van der Waals surface area contributed by atoms with Crippen molar-refractivity contribution in [2.45, 2.75) is 9.79 Å². The van der Waals surface area contributed by atoms with Crippen molar-refractivity contribution >= 4 is 25.7 Å². The topological polar surface area (TPSA) is 136 Å². The van der Waals surface area contributed by atoms with Crippen molar-refractivity contribution in [2.24, 2.45) is 0 Å². The average Bonchev–Trinajstić information content (AvgIpc) is 2.78. The summed E-state index contributed by atoms with van der Waals surface area (Å²) in [5.41, 5.74) is -0.340. The molecule has 31 heavy (non-hydrogen) atoms. The third kappa shape index (κ3) is 4.49. The fourth-order valence-electron chi connectivity index (χ4n) is 3.18. The van der Waals surface area contributed by atoms with Crippen molar-refractivity contribution in [3.8, 4) is 11.5 Å². The maximum atomic E-state index is 13.1. The molecule has 0 bridgehead atoms. The van der Waals surface area contributed by atoms with E-state index >= 15 is 0 Å². The number of nitro benzene ring substituents is 1. The second-order valence-electron chi connectivity index (χ2n) is 6.58. The van der Waals surface area contributed by atoms with Gasteiger partial charge in [0.2, 0.25) is 20.0 Å². The molecular weight excluding hydrogens is 450 g/mol. The van der Waals surface area contributed by atoms with Crippen LogP contribution in [0.4, 0.5) is 5.69 Å². The summed E-state index contributed by atoms with van der Waals surface area (Å²) in [6.45, 7) is -0.374. The second kappa shape index (κ2) is 8.78. The molecule has 1 saturated heterocycles. The quantitative estimate of drug-likeness (QED) is 0.435. The lowest BCUT2D eigenvalue weighted by Gasteiger charge is -2.33. The highest BCUT2D eigenvalue weighted by Crippen LogP contribution is 2.31. The van der Waals surface area contributed by atoms with E-state index in [0.717, 1.165) is 10.4 Å². The van der Waals surface area contributed by atoms with Crippen LogP contribution >= 0.6 is 0 Å². The highest BCUT2D eigenvalue weighted by Gasteiger charge is 2.35. The van der Waals surface area contributed by atoms with E-state index in [1.54, 1.807) is 6.07 Å². The van der Waals surface area contributed by atoms with E-state index in [1.165, 1.54) is 48.9 Å². The number of benzene rings is 2. The Hall–Kier alpha value is -2.74. The van der Waals surface area contributed by atoms with Gasteiger partial charge in [0.15, 0.2) is 0 Å². The Morgan fingerprint density at radius 1 is 0.871 bits per heavy atom. The molecule has 0 spiro atoms. The van der Waals surface area contributed by atoms with E-state index in [0.29, 0.717) is 5.75 Å². The van der Waals surface area contributed by atoms with Crippen LogP contribution in [0, 0.1) is 10.1 Å². The largest absolute Gasteiger partial charge is 0.497 e. The number of sulfonamides is 2. The number of ether oxygens (including phenoxy) is 2. The van der Waals surface area contributed by atoms with Crippen LogP contribution in [0.1, 0.15) is 0 Å². The van der Waals surface area contributed by atoms with Gasteiger partial charge in [0.1, 0.15) is 16.4 Å². The lowest BCUT2D eigenvalue weighted by Crippen LogP contribution is -2.50. The Morgan fingerprint density at radius 3 is 2.03 bits per heavy atom. The van der Waals surface area contributed by atoms with Gasteiger partial charge in [0.05, 0.1) is 24.0 Å². The Kier molecular flexibility index (Phi) is 6.50. The number of nitro groups is 1. The smallest absolute Gasteiger partial charge is 0.270 e. The van der Waals surface area contributed by atoms with E-state index in [1.807, 2.05) is 0 Å². The number of nitrogens with zero attached hydrogens (tertiary/aromatic N) is 3. The van der Waals surface area contributed by atoms with E-state index in [4.69, 9.17) is 9.47 Å². The highest BCUT2D eigenvalue weighted by atomic mass is 32.2. The van der Waals surface area contributed by atoms with Crippen molar-refractivity contribution < 1.29 is 31.2 Å². The van der Waals surface area contributed by atoms with Gasteiger partial charge in [0, 0.05) is 44.4 Å². The zero-order valence-corrected chi connectivity index (χ0v) is 18.4. The summed E-state index contributed by atoms with van der Waals surface area (Å²) >= 11 is 0. The summed E-state index contributed by atoms with van der Waals surface area (Å²) in [5.74, 6) is 0.485. The number of hydrogen-bond donors (Lipinski definition) is 0. The lowest BCUT2D eigenvalue weighted by molar-refractivity contribution is -0.385. The van der Waals surface area contributed by atoms with E-state index < -0.39 is 25.0 Å². The molecule has 0 amide bonds. The summed E-state index contributed by atoms with van der Waals surface area (Å²) in [6, 6.07) is 9.15. The molecule has 0 saturated carbocycles. The van der Waals surface area contributed by atoms with Gasteiger partial charge in [-0.3, -0.25) is 10.1 Å². The molecule has 0 aromatic heterocycles. The lowest BCUT2D eigenvalue weighted by atomic mass is 10.3. The van der Waals surface area contributed by atoms with Crippen molar-refractivity contribution in [1.29, 1.82) is 0 Å². The molecule has 3 rings (SSSR count). The third-order valence-electron chi connectivity index (χ3n) is 4.85. The molecule has 1 aliphatic rings. The summed E-state index contributed by atoms with van der Waals surface area (Å²) in [7, 11) is -5.22. The Balaban J connectivity index is 1.82. The van der Waals surface area contributed by atoms with Crippen molar-refractivity contribution in [3.05, 3.63) is 52.6 Å². The predicted octanol–water partition coefficient (Wildman–Crippen LogP) is 1.31. The van der Waals surface area contributed by atoms with Crippen LogP contribution < -0.4 is 9.47 Å². The van der Waals surface area contributed by atoms with Crippen molar-refractivity contribution in [2.75, 3.05) is 40.4 Å². The maximum Gasteiger partial charge on any atom is 0.270 e. The van der Waals surface area contributed by atoms with Crippen molar-refractivity contribution in [1.82, 2.24) is 8.61 Å². The van der Waals surface area contributed by atoms with Crippen LogP contribution in [0.25, 0.3) is 0 Å². The Morgan fingerprint density at radius 2 is 1.48 bits per heavy atom. The number of methoxy groups -OCH3 is 2. The number of rotatable bonds is 7. The standard InChI is InChI=1S/C18H21N3O8S2/c1-28-15-6-7-17(29-2)18(13-15)31(26,27)20-10-8-19(9-11-20)30(24,25)16-5-3-4-14(12-16)21(22)23/h3-7,12-13H,8-11H2,1-2H3. The molecule has 1 heterocycles. The third-order valence-corrected chi connectivity index (χ3v) is 8.67. The first-order chi connectivity index (χ1) is 14.6. The molecule has 13 heteroatoms. The summed E-state index contributed by atoms with van der Waals surface area (Å²) < 4.78 is 64.5. The zero-order valence-electron chi connectivity index (χ0n) is 16.8. The predicted molar refractivity (Wildman–Crippen MR) is 110 cm³/mol. The van der Waals surface area contributed by atoms with Gasteiger partial charge in [-0.15, -0.1) is 0 Å². The zero-order chi connectivity index (χ0) is 22.8. The molecule has 11 nitrogen and oxygen atoms in total. The average molecular weight is 472 g/mol. The minimum Gasteiger partial charge on any atom is -0.497 e. The molecule has 0 aliphatic carbocycles. The molecule has 1 fully saturated rings. The van der Waals surface area contributed by atoms with Crippen LogP contribution in [0.15, 0.2) is 52.3 Å². The Bertz CT molecular complexity index is 1190. The van der Waals surface area contributed by atoms with Gasteiger partial charge in [-0.2, -0.15) is 8.61 Å². The SMILES string of the molecule is COc1ccc(OC)c(S(=O)(=O)N2CCN(S(=O)(=O)c3cccc([N+](=O)[O-])c3)CC2)c1. The molecule has 2 aromatic carbocycles. The van der Waals surface area contributed by atoms with Crippen LogP contribution in [-0.2, 0) is 20.0 Å². The molecule has 2 aromatic rings. The first kappa shape index (κ1) is 22.9. The van der Waals surface area contributed by atoms with Crippen LogP contribution in [-0.4, -0.2) is 70.8 Å². The highest BCUT2D eigenvalue weighted by molar-refractivity contribution is 7.89. The van der Waals surface area contributed by atoms with Crippen LogP contribution in [0.5, 0.6) is 11.5 Å². The maximum absolute atomic E-state index is 13.1. The molecular formula is C18H21N3O8S2. The number of piperazine rings is 1. The minimum atomic E-state index is -4.01. The van der Waals surface area contributed by atoms with E-state index in [2.05, 4.69) is 0 Å². The van der Waals surface area contributed by atoms with E-state index in [9.17, 15) is 26.9 Å². The normalized spacial score (nSPS) is 16.1. The monoisotopic (exact) mass is 471 g/mol. The molecule has 0 atom stereocenters. The van der Waals surface area contributed by atoms with Crippen LogP contribution in [0.2, 0.25) is 0 Å². The second-order valence-corrected chi connectivity index (χ2v) is 10.4. The number of non-ortho nitro benzene ring substituents is 1. The van der Waals surface area contributed by atoms with Gasteiger partial charge in [0.25, 0.3) is 5.69 Å². The van der Waals surface area contributed by atoms with Gasteiger partial charge >= 0.3 is 0 Å². The molecule has 0 radical (unpaired) electrons. The fourth-order valence-corrected chi connectivity index (χ4v) is 6.24. The molecule has 1 aliphatic heterocycles. The molecule has 0 N–H and O–H groups in total. The summed E-state index contributed by atoms with van der Waals surface area (Å²) in [5, 5.41) is 10.9. The summed E-state index contributed by atoms with van der Waals surface area (Å²) in [6.07, 6.45) is 0. The van der Waals surface area contributed by atoms with E-state index in [-0.39, 0.29) is 47.4 Å². The van der Waals surface area contributed by atoms with Crippen molar-refractivity contribution in [3.63, 3.8) is 0 Å². The summed E-state index contributed by atoms with van der Waals surface area (Å²) in [4.78, 5) is 9.98. The minimum absolute atomic E-state index is 0.0793. The molecule has 168 valence electrons. The van der Waals surface area contributed by atoms with Gasteiger partial charge < -0.3 is 9.47 Å². The number of hydrogen-bond acceptors (Lipinski definition) is 8. The van der Waals surface area contributed by atoms with Gasteiger partial charge in [-0.05, 0) is 18.2 Å².